The molecule has 2 N–H and O–H groups in total. The van der Waals surface area contributed by atoms with Crippen LogP contribution in [0, 0.1) is 0 Å². The number of hydrogen-bond acceptors (Lipinski definition) is 2. The van der Waals surface area contributed by atoms with E-state index in [1.165, 1.54) is 0 Å². The summed E-state index contributed by atoms with van der Waals surface area (Å²) in [6.45, 7) is 0.493. The smallest absolute Gasteiger partial charge is 0.468 e. The maximum atomic E-state index is 9.67. The molecule has 1 heterocycles. The molecule has 0 aliphatic carbocycles. The zero-order valence-electron chi connectivity index (χ0n) is 5.64. The number of halogens is 3. The van der Waals surface area contributed by atoms with E-state index < -0.39 is 7.54 Å². The summed E-state index contributed by atoms with van der Waals surface area (Å²) in [5.74, 6) is 0.833. The fraction of sp³-hybridized carbons (Fsp3) is 0.200. The van der Waals surface area contributed by atoms with Crippen molar-refractivity contribution in [2.45, 2.75) is 6.54 Å². The minimum absolute atomic E-state index is 0.493. The third-order valence-corrected chi connectivity index (χ3v) is 0.781. The Kier molecular flexibility index (Phi) is 5.37. The van der Waals surface area contributed by atoms with E-state index in [0.29, 0.717) is 6.54 Å². The van der Waals surface area contributed by atoms with Crippen LogP contribution in [-0.4, -0.2) is 7.54 Å². The highest BCUT2D eigenvalue weighted by molar-refractivity contribution is 6.33. The molecule has 0 aromatic carbocycles. The fourth-order valence-corrected chi connectivity index (χ4v) is 0.429. The van der Waals surface area contributed by atoms with Gasteiger partial charge in [0.2, 0.25) is 0 Å². The quantitative estimate of drug-likeness (QED) is 0.642. The summed E-state index contributed by atoms with van der Waals surface area (Å²) in [6, 6.07) is 3.67. The van der Waals surface area contributed by atoms with Gasteiger partial charge in [-0.2, -0.15) is 0 Å². The predicted molar refractivity (Wildman–Crippen MR) is 35.7 cm³/mol. The van der Waals surface area contributed by atoms with Crippen LogP contribution in [0.15, 0.2) is 22.8 Å². The normalized spacial score (nSPS) is 8.36. The molecular formula is C5H7BF3NO. The SMILES string of the molecule is FB(F)F.NCc1ccco1. The standard InChI is InChI=1S/C5H7NO.BF3/c6-4-5-2-1-3-7-5;2-1(3)4/h1-3H,4,6H2;. The summed E-state index contributed by atoms with van der Waals surface area (Å²) >= 11 is 0. The van der Waals surface area contributed by atoms with Crippen molar-refractivity contribution >= 4 is 7.54 Å². The van der Waals surface area contributed by atoms with Gasteiger partial charge in [0, 0.05) is 0 Å². The summed E-state index contributed by atoms with van der Waals surface area (Å²) in [7, 11) is -3.67. The molecule has 1 aromatic heterocycles. The molecule has 62 valence electrons. The number of rotatable bonds is 1. The molecule has 1 aromatic rings. The van der Waals surface area contributed by atoms with Crippen molar-refractivity contribution in [3.05, 3.63) is 24.2 Å². The lowest BCUT2D eigenvalue weighted by Crippen LogP contribution is -1.92. The minimum atomic E-state index is -3.67. The molecule has 0 bridgehead atoms. The van der Waals surface area contributed by atoms with E-state index >= 15 is 0 Å². The lowest BCUT2D eigenvalue weighted by Gasteiger charge is -1.80. The van der Waals surface area contributed by atoms with Crippen LogP contribution in [0.5, 0.6) is 0 Å². The lowest BCUT2D eigenvalue weighted by molar-refractivity contribution is 0.512. The van der Waals surface area contributed by atoms with Crippen molar-refractivity contribution in [1.82, 2.24) is 0 Å². The number of furan rings is 1. The Morgan fingerprint density at radius 1 is 1.45 bits per heavy atom. The Morgan fingerprint density at radius 2 is 2.00 bits per heavy atom. The van der Waals surface area contributed by atoms with Gasteiger partial charge in [-0.25, -0.2) is 0 Å². The first kappa shape index (κ1) is 10.1. The van der Waals surface area contributed by atoms with Crippen molar-refractivity contribution in [3.8, 4) is 0 Å². The molecule has 2 nitrogen and oxygen atoms in total. The van der Waals surface area contributed by atoms with Crippen molar-refractivity contribution in [2.24, 2.45) is 5.73 Å². The molecule has 0 fully saturated rings. The van der Waals surface area contributed by atoms with Crippen LogP contribution in [-0.2, 0) is 6.54 Å². The molecule has 0 aliphatic heterocycles. The molecule has 0 unspecified atom stereocenters. The highest BCUT2D eigenvalue weighted by Crippen LogP contribution is 1.95. The summed E-state index contributed by atoms with van der Waals surface area (Å²) in [5.41, 5.74) is 5.20. The second-order valence-corrected chi connectivity index (χ2v) is 1.53. The molecule has 11 heavy (non-hydrogen) atoms. The average Bonchev–Trinajstić information content (AvgIpc) is 2.36. The summed E-state index contributed by atoms with van der Waals surface area (Å²) in [6.07, 6.45) is 1.61. The van der Waals surface area contributed by atoms with Crippen molar-refractivity contribution in [1.29, 1.82) is 0 Å². The van der Waals surface area contributed by atoms with E-state index in [9.17, 15) is 12.9 Å². The van der Waals surface area contributed by atoms with Crippen LogP contribution in [0.4, 0.5) is 12.9 Å². The minimum Gasteiger partial charge on any atom is -0.468 e. The van der Waals surface area contributed by atoms with Crippen molar-refractivity contribution in [3.63, 3.8) is 0 Å². The molecule has 0 radical (unpaired) electrons. The maximum Gasteiger partial charge on any atom is 0.762 e. The fourth-order valence-electron chi connectivity index (χ4n) is 0.429. The van der Waals surface area contributed by atoms with E-state index in [2.05, 4.69) is 0 Å². The van der Waals surface area contributed by atoms with Gasteiger partial charge in [-0.1, -0.05) is 0 Å². The second kappa shape index (κ2) is 5.85. The first-order valence-electron chi connectivity index (χ1n) is 2.81. The van der Waals surface area contributed by atoms with Crippen LogP contribution in [0.25, 0.3) is 0 Å². The van der Waals surface area contributed by atoms with Gasteiger partial charge in [0.05, 0.1) is 12.8 Å². The first-order valence-corrected chi connectivity index (χ1v) is 2.81. The van der Waals surface area contributed by atoms with Gasteiger partial charge in [0.1, 0.15) is 5.76 Å². The number of nitrogens with two attached hydrogens (primary N) is 1. The Balaban J connectivity index is 0.000000218. The Morgan fingerprint density at radius 3 is 2.18 bits per heavy atom. The van der Waals surface area contributed by atoms with Gasteiger partial charge < -0.3 is 10.2 Å². The van der Waals surface area contributed by atoms with E-state index in [-0.39, 0.29) is 0 Å². The molecule has 6 heteroatoms. The van der Waals surface area contributed by atoms with Crippen molar-refractivity contribution < 1.29 is 17.4 Å². The third kappa shape index (κ3) is 6.99. The van der Waals surface area contributed by atoms with Crippen LogP contribution >= 0.6 is 0 Å². The maximum absolute atomic E-state index is 9.67. The monoisotopic (exact) mass is 165 g/mol. The zero-order valence-corrected chi connectivity index (χ0v) is 5.64. The second-order valence-electron chi connectivity index (χ2n) is 1.53. The molecule has 0 saturated heterocycles. The first-order chi connectivity index (χ1) is 5.16. The Labute approximate surface area is 62.4 Å². The van der Waals surface area contributed by atoms with Gasteiger partial charge in [-0.15, -0.1) is 0 Å². The van der Waals surface area contributed by atoms with Crippen LogP contribution < -0.4 is 5.73 Å². The molecule has 0 saturated carbocycles. The van der Waals surface area contributed by atoms with Gasteiger partial charge in [-0.05, 0) is 12.1 Å². The highest BCUT2D eigenvalue weighted by atomic mass is 19.4. The Hall–Kier alpha value is -0.905. The lowest BCUT2D eigenvalue weighted by atomic mass is 10.5. The largest absolute Gasteiger partial charge is 0.762 e. The molecule has 0 aliphatic rings. The molecule has 0 amide bonds. The van der Waals surface area contributed by atoms with Gasteiger partial charge in [0.25, 0.3) is 0 Å². The summed E-state index contributed by atoms with van der Waals surface area (Å²) in [4.78, 5) is 0. The predicted octanol–water partition coefficient (Wildman–Crippen LogP) is 1.62. The van der Waals surface area contributed by atoms with E-state index in [0.717, 1.165) is 5.76 Å². The summed E-state index contributed by atoms with van der Waals surface area (Å²) < 4.78 is 33.9. The molecule has 0 spiro atoms. The molecule has 0 atom stereocenters. The van der Waals surface area contributed by atoms with Gasteiger partial charge >= 0.3 is 7.54 Å². The van der Waals surface area contributed by atoms with Crippen LogP contribution in [0.3, 0.4) is 0 Å². The Bertz CT molecular complexity index is 165. The van der Waals surface area contributed by atoms with E-state index in [1.807, 2.05) is 12.1 Å². The van der Waals surface area contributed by atoms with Gasteiger partial charge in [-0.3, -0.25) is 12.9 Å². The highest BCUT2D eigenvalue weighted by Gasteiger charge is 2.06. The molecular weight excluding hydrogens is 158 g/mol. The third-order valence-electron chi connectivity index (χ3n) is 0.781. The summed E-state index contributed by atoms with van der Waals surface area (Å²) in [5, 5.41) is 0. The van der Waals surface area contributed by atoms with E-state index in [4.69, 9.17) is 10.2 Å². The topological polar surface area (TPSA) is 39.2 Å². The van der Waals surface area contributed by atoms with Crippen LogP contribution in [0.2, 0.25) is 0 Å². The average molecular weight is 165 g/mol. The van der Waals surface area contributed by atoms with E-state index in [1.54, 1.807) is 6.26 Å². The molecule has 1 rings (SSSR count). The van der Waals surface area contributed by atoms with Crippen molar-refractivity contribution in [2.75, 3.05) is 0 Å². The zero-order chi connectivity index (χ0) is 8.69. The van der Waals surface area contributed by atoms with Crippen LogP contribution in [0.1, 0.15) is 5.76 Å². The van der Waals surface area contributed by atoms with Gasteiger partial charge in [0.15, 0.2) is 0 Å². The number of hydrogen-bond donors (Lipinski definition) is 1.